The highest BCUT2D eigenvalue weighted by Gasteiger charge is 2.30. The molecule has 4 rings (SSSR count). The molecule has 13 heteroatoms. The van der Waals surface area contributed by atoms with E-state index >= 15 is 0 Å². The Morgan fingerprint density at radius 2 is 1.97 bits per heavy atom. The van der Waals surface area contributed by atoms with E-state index in [2.05, 4.69) is 26.2 Å². The average molecular weight is 569 g/mol. The van der Waals surface area contributed by atoms with Gasteiger partial charge in [-0.15, -0.1) is 11.3 Å². The number of pyridine rings is 1. The molecule has 0 saturated heterocycles. The zero-order valence-electron chi connectivity index (χ0n) is 20.0. The average Bonchev–Trinajstić information content (AvgIpc) is 3.37. The molecule has 0 spiro atoms. The van der Waals surface area contributed by atoms with E-state index in [1.165, 1.54) is 35.2 Å². The Balaban J connectivity index is 1.56. The first kappa shape index (κ1) is 27.7. The number of hydrogen-bond donors (Lipinski definition) is 3. The maximum absolute atomic E-state index is 13.0. The van der Waals surface area contributed by atoms with Crippen molar-refractivity contribution in [3.63, 3.8) is 0 Å². The Bertz CT molecular complexity index is 1560. The fourth-order valence-electron chi connectivity index (χ4n) is 3.53. The molecule has 0 amide bonds. The van der Waals surface area contributed by atoms with Crippen molar-refractivity contribution < 1.29 is 23.0 Å². The van der Waals surface area contributed by atoms with Crippen molar-refractivity contribution in [1.82, 2.24) is 9.97 Å². The zero-order valence-corrected chi connectivity index (χ0v) is 21.6. The van der Waals surface area contributed by atoms with Crippen molar-refractivity contribution in [3.05, 3.63) is 82.1 Å². The third kappa shape index (κ3) is 6.59. The van der Waals surface area contributed by atoms with Gasteiger partial charge in [0.25, 0.3) is 0 Å². The number of rotatable bonds is 9. The molecular weight excluding hydrogens is 549 g/mol. The minimum absolute atomic E-state index is 0.0210. The van der Waals surface area contributed by atoms with Gasteiger partial charge >= 0.3 is 6.18 Å². The molecule has 39 heavy (non-hydrogen) atoms. The smallest absolute Gasteiger partial charge is 0.416 e. The molecule has 0 bridgehead atoms. The monoisotopic (exact) mass is 568 g/mol. The van der Waals surface area contributed by atoms with Crippen molar-refractivity contribution in [2.24, 2.45) is 0 Å². The normalized spacial score (nSPS) is 11.0. The van der Waals surface area contributed by atoms with Gasteiger partial charge in [-0.2, -0.15) is 18.4 Å². The van der Waals surface area contributed by atoms with Crippen LogP contribution in [0.3, 0.4) is 0 Å². The standard InChI is InChI=1S/C26H19F3N6O2S2/c1-32-22-21(15-5-7-19(8-6-15)37-10-9-36)20(12-30)24(35-23(22)31)38-13-18-14-39-25(34-18)33-17-4-2-3-16(11-17)26(27,28)29/h2-8,11,14,36H,9-10,13H2,(H2,31,35)(H,33,34). The lowest BCUT2D eigenvalue weighted by molar-refractivity contribution is -0.137. The molecule has 2 aromatic heterocycles. The van der Waals surface area contributed by atoms with Crippen LogP contribution < -0.4 is 15.8 Å². The summed E-state index contributed by atoms with van der Waals surface area (Å²) in [6.45, 7) is 7.59. The number of anilines is 3. The fourth-order valence-corrected chi connectivity index (χ4v) is 5.25. The van der Waals surface area contributed by atoms with Gasteiger partial charge in [-0.05, 0) is 35.9 Å². The number of nitriles is 1. The lowest BCUT2D eigenvalue weighted by atomic mass is 10.00. The van der Waals surface area contributed by atoms with Gasteiger partial charge in [-0.1, -0.05) is 30.0 Å². The second-order valence-corrected chi connectivity index (χ2v) is 9.68. The number of benzene rings is 2. The summed E-state index contributed by atoms with van der Waals surface area (Å²) < 4.78 is 44.4. The van der Waals surface area contributed by atoms with E-state index in [4.69, 9.17) is 22.1 Å². The molecule has 0 aliphatic heterocycles. The van der Waals surface area contributed by atoms with E-state index in [1.54, 1.807) is 29.6 Å². The molecule has 0 saturated carbocycles. The molecule has 0 aliphatic rings. The summed E-state index contributed by atoms with van der Waals surface area (Å²) in [5, 5.41) is 24.3. The van der Waals surface area contributed by atoms with Gasteiger partial charge in [0.15, 0.2) is 5.13 Å². The van der Waals surface area contributed by atoms with Gasteiger partial charge < -0.3 is 20.9 Å². The van der Waals surface area contributed by atoms with Gasteiger partial charge in [0, 0.05) is 22.4 Å². The predicted octanol–water partition coefficient (Wildman–Crippen LogP) is 6.64. The molecule has 8 nitrogen and oxygen atoms in total. The first-order valence-corrected chi connectivity index (χ1v) is 13.1. The number of alkyl halides is 3. The van der Waals surface area contributed by atoms with Crippen LogP contribution in [0.2, 0.25) is 0 Å². The highest BCUT2D eigenvalue weighted by molar-refractivity contribution is 7.98. The summed E-state index contributed by atoms with van der Waals surface area (Å²) in [5.74, 6) is 0.796. The third-order valence-electron chi connectivity index (χ3n) is 5.24. The summed E-state index contributed by atoms with van der Waals surface area (Å²) in [7, 11) is 0. The quantitative estimate of drug-likeness (QED) is 0.152. The van der Waals surface area contributed by atoms with Crippen molar-refractivity contribution in [2.75, 3.05) is 24.3 Å². The molecule has 0 radical (unpaired) electrons. The van der Waals surface area contributed by atoms with Crippen molar-refractivity contribution >= 4 is 45.4 Å². The van der Waals surface area contributed by atoms with Crippen LogP contribution in [0, 0.1) is 17.9 Å². The fraction of sp³-hybridized carbons (Fsp3) is 0.154. The number of nitrogens with one attached hydrogen (secondary N) is 1. The van der Waals surface area contributed by atoms with E-state index in [-0.39, 0.29) is 36.0 Å². The summed E-state index contributed by atoms with van der Waals surface area (Å²) in [6, 6.07) is 13.7. The Kier molecular flexibility index (Phi) is 8.56. The number of hydrogen-bond acceptors (Lipinski definition) is 9. The highest BCUT2D eigenvalue weighted by Crippen LogP contribution is 2.42. The molecule has 4 N–H and O–H groups in total. The maximum atomic E-state index is 13.0. The molecule has 4 aromatic rings. The van der Waals surface area contributed by atoms with Crippen LogP contribution in [-0.4, -0.2) is 28.3 Å². The van der Waals surface area contributed by atoms with E-state index in [0.29, 0.717) is 38.5 Å². The lowest BCUT2D eigenvalue weighted by Crippen LogP contribution is -2.05. The number of halogens is 3. The number of ether oxygens (including phenoxy) is 1. The van der Waals surface area contributed by atoms with Crippen LogP contribution in [-0.2, 0) is 11.9 Å². The van der Waals surface area contributed by atoms with Crippen LogP contribution in [0.4, 0.5) is 35.5 Å². The van der Waals surface area contributed by atoms with Crippen LogP contribution in [0.15, 0.2) is 58.9 Å². The van der Waals surface area contributed by atoms with Gasteiger partial charge in [0.2, 0.25) is 5.69 Å². The van der Waals surface area contributed by atoms with Crippen LogP contribution in [0.25, 0.3) is 16.0 Å². The van der Waals surface area contributed by atoms with E-state index in [1.807, 2.05) is 0 Å². The highest BCUT2D eigenvalue weighted by atomic mass is 32.2. The number of aromatic nitrogens is 2. The molecule has 0 aliphatic carbocycles. The second-order valence-electron chi connectivity index (χ2n) is 7.86. The third-order valence-corrected chi connectivity index (χ3v) is 7.06. The maximum Gasteiger partial charge on any atom is 0.416 e. The number of aliphatic hydroxyl groups excluding tert-OH is 1. The number of thiazole rings is 1. The lowest BCUT2D eigenvalue weighted by Gasteiger charge is -2.13. The minimum Gasteiger partial charge on any atom is -0.491 e. The largest absolute Gasteiger partial charge is 0.491 e. The molecule has 0 atom stereocenters. The van der Waals surface area contributed by atoms with Crippen molar-refractivity contribution in [2.45, 2.75) is 17.0 Å². The van der Waals surface area contributed by atoms with E-state index in [0.717, 1.165) is 12.1 Å². The van der Waals surface area contributed by atoms with Crippen LogP contribution >= 0.6 is 23.1 Å². The predicted molar refractivity (Wildman–Crippen MR) is 144 cm³/mol. The van der Waals surface area contributed by atoms with Crippen molar-refractivity contribution in [3.8, 4) is 22.9 Å². The second kappa shape index (κ2) is 12.0. The number of aliphatic hydroxyl groups is 1. The molecular formula is C26H19F3N6O2S2. The van der Waals surface area contributed by atoms with Crippen LogP contribution in [0.5, 0.6) is 5.75 Å². The first-order chi connectivity index (χ1) is 18.7. The Labute approximate surface area is 229 Å². The summed E-state index contributed by atoms with van der Waals surface area (Å²) in [4.78, 5) is 12.2. The van der Waals surface area contributed by atoms with Gasteiger partial charge in [-0.3, -0.25) is 0 Å². The number of thioether (sulfide) groups is 1. The summed E-state index contributed by atoms with van der Waals surface area (Å²) in [5.41, 5.74) is 7.36. The first-order valence-electron chi connectivity index (χ1n) is 11.2. The van der Waals surface area contributed by atoms with Gasteiger partial charge in [-0.25, -0.2) is 14.8 Å². The number of nitrogen functional groups attached to an aromatic ring is 1. The SMILES string of the molecule is [C-]#[N+]c1c(N)nc(SCc2csc(Nc3cccc(C(F)(F)F)c3)n2)c(C#N)c1-c1ccc(OCCO)cc1. The van der Waals surface area contributed by atoms with Gasteiger partial charge in [0.05, 0.1) is 30.0 Å². The topological polar surface area (TPSA) is 121 Å². The van der Waals surface area contributed by atoms with Crippen molar-refractivity contribution in [1.29, 1.82) is 5.26 Å². The summed E-state index contributed by atoms with van der Waals surface area (Å²) in [6.07, 6.45) is -4.45. The Hall–Kier alpha value is -4.30. The van der Waals surface area contributed by atoms with E-state index < -0.39 is 11.7 Å². The Morgan fingerprint density at radius 3 is 2.64 bits per heavy atom. The van der Waals surface area contributed by atoms with E-state index in [9.17, 15) is 18.4 Å². The Morgan fingerprint density at radius 1 is 1.21 bits per heavy atom. The number of nitrogens with two attached hydrogens (primary N) is 1. The summed E-state index contributed by atoms with van der Waals surface area (Å²) >= 11 is 2.43. The van der Waals surface area contributed by atoms with Gasteiger partial charge in [0.1, 0.15) is 29.3 Å². The zero-order chi connectivity index (χ0) is 28.0. The molecule has 0 fully saturated rings. The molecule has 2 heterocycles. The molecule has 0 unspecified atom stereocenters. The number of nitrogens with zero attached hydrogens (tertiary/aromatic N) is 4. The minimum atomic E-state index is -4.45. The van der Waals surface area contributed by atoms with Crippen LogP contribution in [0.1, 0.15) is 16.8 Å². The molecule has 2 aromatic carbocycles. The molecule has 198 valence electrons.